The number of rotatable bonds is 10. The molecule has 224 valence electrons. The number of carbonyl (C=O) groups is 2. The fourth-order valence-corrected chi connectivity index (χ4v) is 5.08. The van der Waals surface area contributed by atoms with Gasteiger partial charge in [0.1, 0.15) is 17.3 Å². The molecule has 1 aliphatic heterocycles. The van der Waals surface area contributed by atoms with Crippen LogP contribution in [0.5, 0.6) is 17.2 Å². The van der Waals surface area contributed by atoms with Crippen molar-refractivity contribution in [3.8, 4) is 17.2 Å². The molecular weight excluding hydrogens is 611 g/mol. The Bertz CT molecular complexity index is 1760. The molecule has 5 rings (SSSR count). The number of anilines is 1. The van der Waals surface area contributed by atoms with Gasteiger partial charge in [-0.05, 0) is 96.2 Å². The average Bonchev–Trinajstić information content (AvgIpc) is 3.63. The first kappa shape index (κ1) is 30.4. The quantitative estimate of drug-likeness (QED) is 0.119. The van der Waals surface area contributed by atoms with Crippen LogP contribution in [0.3, 0.4) is 0 Å². The second-order valence-corrected chi connectivity index (χ2v) is 10.6. The number of amidine groups is 1. The van der Waals surface area contributed by atoms with E-state index in [1.54, 1.807) is 48.5 Å². The number of hydrogen-bond donors (Lipinski definition) is 2. The van der Waals surface area contributed by atoms with Gasteiger partial charge >= 0.3 is 0 Å². The second-order valence-electron chi connectivity index (χ2n) is 9.17. The smallest absolute Gasteiger partial charge is 0.267 e. The Morgan fingerprint density at radius 3 is 2.70 bits per heavy atom. The number of benzene rings is 3. The summed E-state index contributed by atoms with van der Waals surface area (Å²) in [5, 5.41) is 21.6. The fourth-order valence-electron chi connectivity index (χ4n) is 3.98. The van der Waals surface area contributed by atoms with E-state index in [9.17, 15) is 19.1 Å². The van der Waals surface area contributed by atoms with Crippen LogP contribution in [0.15, 0.2) is 98.6 Å². The van der Waals surface area contributed by atoms with E-state index in [1.165, 1.54) is 54.8 Å². The molecule has 3 aromatic carbocycles. The maximum atomic E-state index is 13.5. The van der Waals surface area contributed by atoms with Gasteiger partial charge in [0, 0.05) is 16.3 Å². The SMILES string of the molecule is COc1cc(/C=N/N=C2\S/C(=C\c3cc(Cl)ccc3OCC(=O)Nc3ccc(F)cc3)C(=O)N2Cc2ccco2)ccc1O. The molecule has 0 radical (unpaired) electrons. The zero-order chi connectivity index (χ0) is 31.1. The highest BCUT2D eigenvalue weighted by Crippen LogP contribution is 2.36. The number of halogens is 2. The molecule has 0 saturated carbocycles. The van der Waals surface area contributed by atoms with E-state index in [2.05, 4.69) is 15.5 Å². The maximum absolute atomic E-state index is 13.5. The van der Waals surface area contributed by atoms with Crippen molar-refractivity contribution in [1.29, 1.82) is 0 Å². The third-order valence-corrected chi connectivity index (χ3v) is 7.31. The molecule has 0 unspecified atom stereocenters. The first-order valence-corrected chi connectivity index (χ1v) is 14.2. The molecule has 1 fully saturated rings. The lowest BCUT2D eigenvalue weighted by Gasteiger charge is -2.13. The van der Waals surface area contributed by atoms with Crippen LogP contribution in [-0.4, -0.2) is 46.9 Å². The zero-order valence-corrected chi connectivity index (χ0v) is 24.6. The second kappa shape index (κ2) is 13.9. The summed E-state index contributed by atoms with van der Waals surface area (Å²) in [6, 6.07) is 18.3. The Kier molecular flexibility index (Phi) is 9.62. The highest BCUT2D eigenvalue weighted by molar-refractivity contribution is 8.18. The van der Waals surface area contributed by atoms with Gasteiger partial charge < -0.3 is 24.3 Å². The predicted molar refractivity (Wildman–Crippen MR) is 166 cm³/mol. The van der Waals surface area contributed by atoms with Crippen LogP contribution in [0.2, 0.25) is 5.02 Å². The van der Waals surface area contributed by atoms with Crippen molar-refractivity contribution in [3.63, 3.8) is 0 Å². The van der Waals surface area contributed by atoms with Crippen LogP contribution >= 0.6 is 23.4 Å². The largest absolute Gasteiger partial charge is 0.504 e. The summed E-state index contributed by atoms with van der Waals surface area (Å²) in [4.78, 5) is 27.7. The molecule has 4 aromatic rings. The average molecular weight is 635 g/mol. The molecule has 44 heavy (non-hydrogen) atoms. The number of nitrogens with one attached hydrogen (secondary N) is 1. The number of amides is 2. The van der Waals surface area contributed by atoms with Gasteiger partial charge in [-0.3, -0.25) is 14.5 Å². The number of hydrogen-bond acceptors (Lipinski definition) is 9. The molecule has 0 spiro atoms. The van der Waals surface area contributed by atoms with Gasteiger partial charge in [0.15, 0.2) is 23.3 Å². The molecule has 0 bridgehead atoms. The maximum Gasteiger partial charge on any atom is 0.267 e. The third kappa shape index (κ3) is 7.65. The Labute approximate surface area is 260 Å². The first-order valence-electron chi connectivity index (χ1n) is 13.0. The number of furan rings is 1. The number of nitrogens with zero attached hydrogens (tertiary/aromatic N) is 3. The molecule has 0 aliphatic carbocycles. The normalized spacial score (nSPS) is 15.0. The minimum absolute atomic E-state index is 0.00909. The summed E-state index contributed by atoms with van der Waals surface area (Å²) in [6.45, 7) is -0.232. The van der Waals surface area contributed by atoms with E-state index < -0.39 is 11.7 Å². The Morgan fingerprint density at radius 1 is 1.14 bits per heavy atom. The number of phenolic OH excluding ortho intramolecular Hbond substituents is 1. The molecule has 10 nitrogen and oxygen atoms in total. The van der Waals surface area contributed by atoms with Gasteiger partial charge in [-0.25, -0.2) is 4.39 Å². The summed E-state index contributed by atoms with van der Waals surface area (Å²) < 4.78 is 29.5. The van der Waals surface area contributed by atoms with Crippen molar-refractivity contribution in [2.75, 3.05) is 19.0 Å². The number of aromatic hydroxyl groups is 1. The summed E-state index contributed by atoms with van der Waals surface area (Å²) in [5.41, 5.74) is 1.50. The van der Waals surface area contributed by atoms with E-state index in [0.29, 0.717) is 43.4 Å². The van der Waals surface area contributed by atoms with Gasteiger partial charge in [-0.2, -0.15) is 5.10 Å². The summed E-state index contributed by atoms with van der Waals surface area (Å²) in [7, 11) is 1.44. The van der Waals surface area contributed by atoms with Crippen LogP contribution in [0, 0.1) is 5.82 Å². The van der Waals surface area contributed by atoms with E-state index >= 15 is 0 Å². The first-order chi connectivity index (χ1) is 21.3. The highest BCUT2D eigenvalue weighted by Gasteiger charge is 2.34. The predicted octanol–water partition coefficient (Wildman–Crippen LogP) is 6.31. The van der Waals surface area contributed by atoms with Gasteiger partial charge in [-0.15, -0.1) is 5.10 Å². The fraction of sp³-hybridized carbons (Fsp3) is 0.0968. The number of methoxy groups -OCH3 is 1. The Hall–Kier alpha value is -5.07. The van der Waals surface area contributed by atoms with Crippen LogP contribution in [0.4, 0.5) is 10.1 Å². The summed E-state index contributed by atoms with van der Waals surface area (Å²) in [6.07, 6.45) is 4.57. The van der Waals surface area contributed by atoms with E-state index in [0.717, 1.165) is 11.8 Å². The minimum Gasteiger partial charge on any atom is -0.504 e. The zero-order valence-electron chi connectivity index (χ0n) is 23.1. The molecule has 2 heterocycles. The van der Waals surface area contributed by atoms with Gasteiger partial charge in [0.05, 0.1) is 31.0 Å². The molecule has 2 amide bonds. The number of carbonyl (C=O) groups excluding carboxylic acids is 2. The van der Waals surface area contributed by atoms with Crippen LogP contribution in [0.1, 0.15) is 16.9 Å². The van der Waals surface area contributed by atoms with Crippen molar-refractivity contribution in [2.24, 2.45) is 10.2 Å². The van der Waals surface area contributed by atoms with Crippen molar-refractivity contribution in [2.45, 2.75) is 6.54 Å². The monoisotopic (exact) mass is 634 g/mol. The van der Waals surface area contributed by atoms with Crippen molar-refractivity contribution >= 4 is 58.3 Å². The van der Waals surface area contributed by atoms with E-state index in [-0.39, 0.29) is 30.6 Å². The van der Waals surface area contributed by atoms with Gasteiger partial charge in [-0.1, -0.05) is 11.6 Å². The van der Waals surface area contributed by atoms with E-state index in [1.807, 2.05) is 0 Å². The minimum atomic E-state index is -0.459. The van der Waals surface area contributed by atoms with Crippen molar-refractivity contribution in [1.82, 2.24) is 4.90 Å². The number of thioether (sulfide) groups is 1. The lowest BCUT2D eigenvalue weighted by Crippen LogP contribution is -2.28. The van der Waals surface area contributed by atoms with Crippen molar-refractivity contribution < 1.29 is 33.0 Å². The van der Waals surface area contributed by atoms with Crippen LogP contribution in [-0.2, 0) is 16.1 Å². The van der Waals surface area contributed by atoms with Crippen LogP contribution in [0.25, 0.3) is 6.08 Å². The Morgan fingerprint density at radius 2 is 1.95 bits per heavy atom. The molecule has 1 aromatic heterocycles. The molecule has 1 saturated heterocycles. The molecule has 2 N–H and O–H groups in total. The highest BCUT2D eigenvalue weighted by atomic mass is 35.5. The standard InChI is InChI=1S/C31H24ClFN4O6S/c1-41-27-13-19(4-10-25(27)38)16-34-36-31-37(17-24-3-2-12-42-24)30(40)28(44-31)15-20-14-21(32)5-11-26(20)43-18-29(39)35-23-8-6-22(33)7-9-23/h2-16,38H,17-18H2,1H3,(H,35,39)/b28-15-,34-16+,36-31-. The molecular formula is C31H24ClFN4O6S. The number of ether oxygens (including phenoxy) is 2. The lowest BCUT2D eigenvalue weighted by atomic mass is 10.2. The lowest BCUT2D eigenvalue weighted by molar-refractivity contribution is -0.122. The molecule has 0 atom stereocenters. The number of phenols is 1. The van der Waals surface area contributed by atoms with Crippen LogP contribution < -0.4 is 14.8 Å². The molecule has 1 aliphatic rings. The third-order valence-electron chi connectivity index (χ3n) is 6.08. The summed E-state index contributed by atoms with van der Waals surface area (Å²) in [5.74, 6) is -0.107. The van der Waals surface area contributed by atoms with Gasteiger partial charge in [0.25, 0.3) is 11.8 Å². The molecule has 13 heteroatoms. The van der Waals surface area contributed by atoms with E-state index in [4.69, 9.17) is 25.5 Å². The summed E-state index contributed by atoms with van der Waals surface area (Å²) >= 11 is 7.34. The Balaban J connectivity index is 1.37. The van der Waals surface area contributed by atoms with Crippen molar-refractivity contribution in [3.05, 3.63) is 112 Å². The van der Waals surface area contributed by atoms with Gasteiger partial charge in [0.2, 0.25) is 0 Å². The topological polar surface area (TPSA) is 126 Å².